The molecule has 1 aliphatic rings. The Morgan fingerprint density at radius 2 is 2.00 bits per heavy atom. The van der Waals surface area contributed by atoms with Gasteiger partial charge in [0.2, 0.25) is 5.91 Å². The van der Waals surface area contributed by atoms with Gasteiger partial charge in [-0.25, -0.2) is 0 Å². The second-order valence-corrected chi connectivity index (χ2v) is 5.59. The molecule has 1 aromatic carbocycles. The van der Waals surface area contributed by atoms with Gasteiger partial charge in [-0.2, -0.15) is 0 Å². The summed E-state index contributed by atoms with van der Waals surface area (Å²) in [5.74, 6) is 0.0503. The molecule has 0 saturated carbocycles. The third kappa shape index (κ3) is 3.74. The molecule has 5 nitrogen and oxygen atoms in total. The lowest BCUT2D eigenvalue weighted by Gasteiger charge is -2.15. The van der Waals surface area contributed by atoms with E-state index >= 15 is 0 Å². The third-order valence-electron chi connectivity index (χ3n) is 3.92. The maximum atomic E-state index is 12.2. The molecule has 0 saturated heterocycles. The van der Waals surface area contributed by atoms with Crippen LogP contribution >= 0.6 is 0 Å². The number of nitrogens with zero attached hydrogens (tertiary/aromatic N) is 2. The number of amides is 2. The normalized spacial score (nSPS) is 13.0. The van der Waals surface area contributed by atoms with E-state index in [4.69, 9.17) is 0 Å². The van der Waals surface area contributed by atoms with Crippen molar-refractivity contribution < 1.29 is 9.59 Å². The van der Waals surface area contributed by atoms with Gasteiger partial charge in [0.1, 0.15) is 0 Å². The van der Waals surface area contributed by atoms with E-state index in [9.17, 15) is 9.59 Å². The summed E-state index contributed by atoms with van der Waals surface area (Å²) < 4.78 is 0. The van der Waals surface area contributed by atoms with Gasteiger partial charge in [0.25, 0.3) is 5.91 Å². The van der Waals surface area contributed by atoms with Gasteiger partial charge in [0.05, 0.1) is 12.2 Å². The van der Waals surface area contributed by atoms with Crippen molar-refractivity contribution in [2.24, 2.45) is 0 Å². The van der Waals surface area contributed by atoms with Crippen molar-refractivity contribution in [2.45, 2.75) is 25.9 Å². The zero-order valence-corrected chi connectivity index (χ0v) is 12.9. The molecule has 1 N–H and O–H groups in total. The number of hydrogen-bond acceptors (Lipinski definition) is 3. The maximum Gasteiger partial charge on any atom is 0.254 e. The number of hydrogen-bond donors (Lipinski definition) is 1. The highest BCUT2D eigenvalue weighted by Crippen LogP contribution is 2.22. The standard InChI is InChI=1S/C18H19N3O2/c22-17(20-12-15-7-3-4-10-19-15)9-5-11-21-13-14-6-1-2-8-16(14)18(21)23/h1-4,6-8,10H,5,9,11-13H2,(H,20,22). The molecule has 118 valence electrons. The zero-order chi connectivity index (χ0) is 16.1. The minimum atomic E-state index is -0.0141. The number of pyridine rings is 1. The second kappa shape index (κ2) is 7.05. The van der Waals surface area contributed by atoms with E-state index in [1.54, 1.807) is 11.1 Å². The average Bonchev–Trinajstić information content (AvgIpc) is 2.91. The fourth-order valence-electron chi connectivity index (χ4n) is 2.71. The Balaban J connectivity index is 1.40. The van der Waals surface area contributed by atoms with E-state index in [-0.39, 0.29) is 11.8 Å². The van der Waals surface area contributed by atoms with Crippen molar-refractivity contribution in [3.63, 3.8) is 0 Å². The van der Waals surface area contributed by atoms with E-state index in [1.807, 2.05) is 42.5 Å². The predicted octanol–water partition coefficient (Wildman–Crippen LogP) is 2.13. The number of carbonyl (C=O) groups is 2. The molecule has 0 fully saturated rings. The van der Waals surface area contributed by atoms with Crippen molar-refractivity contribution in [1.82, 2.24) is 15.2 Å². The van der Waals surface area contributed by atoms with Crippen molar-refractivity contribution in [1.29, 1.82) is 0 Å². The van der Waals surface area contributed by atoms with Crippen LogP contribution in [-0.2, 0) is 17.9 Å². The Labute approximate surface area is 135 Å². The monoisotopic (exact) mass is 309 g/mol. The van der Waals surface area contributed by atoms with Crippen LogP contribution in [0.5, 0.6) is 0 Å². The summed E-state index contributed by atoms with van der Waals surface area (Å²) in [7, 11) is 0. The van der Waals surface area contributed by atoms with Crippen LogP contribution in [0.3, 0.4) is 0 Å². The van der Waals surface area contributed by atoms with Crippen LogP contribution in [0.25, 0.3) is 0 Å². The molecule has 0 radical (unpaired) electrons. The topological polar surface area (TPSA) is 62.3 Å². The zero-order valence-electron chi connectivity index (χ0n) is 12.9. The fraction of sp³-hybridized carbons (Fsp3) is 0.278. The highest BCUT2D eigenvalue weighted by atomic mass is 16.2. The quantitative estimate of drug-likeness (QED) is 0.889. The summed E-state index contributed by atoms with van der Waals surface area (Å²) in [6, 6.07) is 13.3. The lowest BCUT2D eigenvalue weighted by Crippen LogP contribution is -2.27. The summed E-state index contributed by atoms with van der Waals surface area (Å²) in [5.41, 5.74) is 2.69. The van der Waals surface area contributed by atoms with Crippen LogP contribution < -0.4 is 5.32 Å². The first-order chi connectivity index (χ1) is 11.2. The van der Waals surface area contributed by atoms with Crippen LogP contribution in [0, 0.1) is 0 Å². The first-order valence-corrected chi connectivity index (χ1v) is 7.78. The van der Waals surface area contributed by atoms with Gasteiger partial charge in [-0.05, 0) is 30.2 Å². The lowest BCUT2D eigenvalue weighted by atomic mass is 10.1. The summed E-state index contributed by atoms with van der Waals surface area (Å²) in [5, 5.41) is 2.85. The van der Waals surface area contributed by atoms with Gasteiger partial charge in [-0.15, -0.1) is 0 Å². The minimum Gasteiger partial charge on any atom is -0.350 e. The van der Waals surface area contributed by atoms with E-state index in [0.29, 0.717) is 32.5 Å². The van der Waals surface area contributed by atoms with Gasteiger partial charge in [0, 0.05) is 31.3 Å². The van der Waals surface area contributed by atoms with E-state index in [1.165, 1.54) is 0 Å². The number of nitrogens with one attached hydrogen (secondary N) is 1. The molecule has 0 spiro atoms. The molecule has 2 aromatic rings. The van der Waals surface area contributed by atoms with Gasteiger partial charge in [0.15, 0.2) is 0 Å². The molecule has 0 bridgehead atoms. The van der Waals surface area contributed by atoms with Crippen LogP contribution in [0.15, 0.2) is 48.7 Å². The van der Waals surface area contributed by atoms with Gasteiger partial charge in [-0.3, -0.25) is 14.6 Å². The molecule has 2 heterocycles. The second-order valence-electron chi connectivity index (χ2n) is 5.59. The summed E-state index contributed by atoms with van der Waals surface area (Å²) >= 11 is 0. The maximum absolute atomic E-state index is 12.2. The molecule has 5 heteroatoms. The number of carbonyl (C=O) groups excluding carboxylic acids is 2. The highest BCUT2D eigenvalue weighted by Gasteiger charge is 2.26. The summed E-state index contributed by atoms with van der Waals surface area (Å²) in [6.07, 6.45) is 2.78. The first-order valence-electron chi connectivity index (χ1n) is 7.78. The predicted molar refractivity (Wildman–Crippen MR) is 86.5 cm³/mol. The SMILES string of the molecule is O=C(CCCN1Cc2ccccc2C1=O)NCc1ccccn1. The molecule has 23 heavy (non-hydrogen) atoms. The Kier molecular flexibility index (Phi) is 4.66. The fourth-order valence-corrected chi connectivity index (χ4v) is 2.71. The molecular formula is C18H19N3O2. The molecular weight excluding hydrogens is 290 g/mol. The van der Waals surface area contributed by atoms with E-state index in [0.717, 1.165) is 16.8 Å². The Morgan fingerprint density at radius 1 is 1.17 bits per heavy atom. The minimum absolute atomic E-state index is 0.0141. The van der Waals surface area contributed by atoms with E-state index in [2.05, 4.69) is 10.3 Å². The Bertz CT molecular complexity index is 700. The van der Waals surface area contributed by atoms with Gasteiger partial charge in [-0.1, -0.05) is 24.3 Å². The Hall–Kier alpha value is -2.69. The third-order valence-corrected chi connectivity index (χ3v) is 3.92. The summed E-state index contributed by atoms with van der Waals surface area (Å²) in [4.78, 5) is 30.0. The van der Waals surface area contributed by atoms with Crippen LogP contribution in [-0.4, -0.2) is 28.2 Å². The molecule has 0 atom stereocenters. The lowest BCUT2D eigenvalue weighted by molar-refractivity contribution is -0.121. The highest BCUT2D eigenvalue weighted by molar-refractivity contribution is 5.98. The van der Waals surface area contributed by atoms with Crippen LogP contribution in [0.1, 0.15) is 34.5 Å². The number of rotatable bonds is 6. The average molecular weight is 309 g/mol. The first kappa shape index (κ1) is 15.2. The molecule has 1 aliphatic heterocycles. The number of aromatic nitrogens is 1. The van der Waals surface area contributed by atoms with Crippen molar-refractivity contribution in [2.75, 3.05) is 6.54 Å². The van der Waals surface area contributed by atoms with Crippen molar-refractivity contribution >= 4 is 11.8 Å². The van der Waals surface area contributed by atoms with Crippen LogP contribution in [0.4, 0.5) is 0 Å². The number of benzene rings is 1. The molecule has 0 unspecified atom stereocenters. The smallest absolute Gasteiger partial charge is 0.254 e. The van der Waals surface area contributed by atoms with Gasteiger partial charge >= 0.3 is 0 Å². The van der Waals surface area contributed by atoms with Crippen molar-refractivity contribution in [3.05, 3.63) is 65.5 Å². The molecule has 2 amide bonds. The van der Waals surface area contributed by atoms with Crippen LogP contribution in [0.2, 0.25) is 0 Å². The Morgan fingerprint density at radius 3 is 2.78 bits per heavy atom. The largest absolute Gasteiger partial charge is 0.350 e. The van der Waals surface area contributed by atoms with E-state index < -0.39 is 0 Å². The summed E-state index contributed by atoms with van der Waals surface area (Å²) in [6.45, 7) is 1.68. The molecule has 0 aliphatic carbocycles. The number of fused-ring (bicyclic) bond motifs is 1. The van der Waals surface area contributed by atoms with Gasteiger partial charge < -0.3 is 10.2 Å². The molecule has 3 rings (SSSR count). The molecule has 1 aromatic heterocycles. The van der Waals surface area contributed by atoms with Crippen molar-refractivity contribution in [3.8, 4) is 0 Å².